The average molecular weight is 393 g/mol. The Morgan fingerprint density at radius 1 is 1.46 bits per heavy atom. The highest BCUT2D eigenvalue weighted by Crippen LogP contribution is 2.36. The molecule has 0 bridgehead atoms. The average Bonchev–Trinajstić information content (AvgIpc) is 2.83. The molecule has 2 rings (SSSR count). The Kier molecular flexibility index (Phi) is 5.40. The Hall–Kier alpha value is -2.82. The number of anilines is 1. The number of nitro benzene ring substituents is 1. The van der Waals surface area contributed by atoms with Crippen molar-refractivity contribution in [1.82, 2.24) is 9.78 Å². The van der Waals surface area contributed by atoms with Gasteiger partial charge < -0.3 is 10.1 Å². The molecular formula is C14H12ClF3N4O4. The van der Waals surface area contributed by atoms with Crippen molar-refractivity contribution in [2.75, 3.05) is 11.9 Å². The molecule has 0 unspecified atom stereocenters. The molecule has 26 heavy (non-hydrogen) atoms. The van der Waals surface area contributed by atoms with E-state index in [9.17, 15) is 28.1 Å². The molecule has 2 aromatic rings. The molecule has 0 saturated heterocycles. The van der Waals surface area contributed by atoms with Crippen LogP contribution in [0.5, 0.6) is 5.75 Å². The predicted molar refractivity (Wildman–Crippen MR) is 85.4 cm³/mol. The summed E-state index contributed by atoms with van der Waals surface area (Å²) in [4.78, 5) is 22.7. The summed E-state index contributed by atoms with van der Waals surface area (Å²) in [7, 11) is 1.10. The van der Waals surface area contributed by atoms with Gasteiger partial charge in [0.15, 0.2) is 5.69 Å². The highest BCUT2D eigenvalue weighted by atomic mass is 35.5. The molecule has 1 amide bonds. The van der Waals surface area contributed by atoms with E-state index in [4.69, 9.17) is 16.3 Å². The zero-order chi connectivity index (χ0) is 19.6. The summed E-state index contributed by atoms with van der Waals surface area (Å²) >= 11 is 5.63. The Balaban J connectivity index is 2.39. The molecule has 12 heteroatoms. The maximum absolute atomic E-state index is 12.8. The van der Waals surface area contributed by atoms with Crippen LogP contribution in [0.1, 0.15) is 23.1 Å². The molecule has 140 valence electrons. The van der Waals surface area contributed by atoms with E-state index in [1.807, 2.05) is 0 Å². The van der Waals surface area contributed by atoms with Gasteiger partial charge in [-0.2, -0.15) is 18.3 Å². The Bertz CT molecular complexity index is 867. The maximum atomic E-state index is 12.8. The SMILES string of the molecule is CCOc1ccc(NC(=O)c2c(Cl)c(C(F)(F)F)nn2C)c([N+](=O)[O-])c1. The second kappa shape index (κ2) is 7.20. The number of hydrogen-bond donors (Lipinski definition) is 1. The van der Waals surface area contributed by atoms with Gasteiger partial charge in [0.25, 0.3) is 11.6 Å². The van der Waals surface area contributed by atoms with E-state index >= 15 is 0 Å². The minimum atomic E-state index is -4.85. The lowest BCUT2D eigenvalue weighted by Crippen LogP contribution is -2.17. The molecule has 0 atom stereocenters. The summed E-state index contributed by atoms with van der Waals surface area (Å²) in [6, 6.07) is 3.67. The lowest BCUT2D eigenvalue weighted by Gasteiger charge is -2.09. The van der Waals surface area contributed by atoms with Gasteiger partial charge in [-0.1, -0.05) is 11.6 Å². The fraction of sp³-hybridized carbons (Fsp3) is 0.286. The van der Waals surface area contributed by atoms with Gasteiger partial charge in [-0.15, -0.1) is 0 Å². The second-order valence-electron chi connectivity index (χ2n) is 4.96. The van der Waals surface area contributed by atoms with Crippen molar-refractivity contribution in [3.63, 3.8) is 0 Å². The molecule has 0 aliphatic rings. The third-order valence-electron chi connectivity index (χ3n) is 3.20. The summed E-state index contributed by atoms with van der Waals surface area (Å²) in [5, 5.41) is 15.6. The van der Waals surface area contributed by atoms with Gasteiger partial charge in [-0.25, -0.2) is 0 Å². The van der Waals surface area contributed by atoms with Gasteiger partial charge in [-0.3, -0.25) is 19.6 Å². The molecular weight excluding hydrogens is 381 g/mol. The van der Waals surface area contributed by atoms with Crippen LogP contribution in [-0.4, -0.2) is 27.2 Å². The minimum Gasteiger partial charge on any atom is -0.494 e. The molecule has 1 aromatic heterocycles. The molecule has 1 N–H and O–H groups in total. The molecule has 0 saturated carbocycles. The first kappa shape index (κ1) is 19.5. The van der Waals surface area contributed by atoms with Gasteiger partial charge in [0.05, 0.1) is 17.6 Å². The number of nitrogens with one attached hydrogen (secondary N) is 1. The lowest BCUT2D eigenvalue weighted by atomic mass is 10.2. The number of ether oxygens (including phenoxy) is 1. The number of aryl methyl sites for hydroxylation is 1. The van der Waals surface area contributed by atoms with E-state index in [-0.39, 0.29) is 18.0 Å². The number of nitro groups is 1. The van der Waals surface area contributed by atoms with Gasteiger partial charge in [0.2, 0.25) is 0 Å². The molecule has 0 aliphatic heterocycles. The number of halogens is 4. The van der Waals surface area contributed by atoms with Crippen molar-refractivity contribution < 1.29 is 27.6 Å². The highest BCUT2D eigenvalue weighted by molar-refractivity contribution is 6.35. The number of benzene rings is 1. The van der Waals surface area contributed by atoms with Crippen molar-refractivity contribution in [2.45, 2.75) is 13.1 Å². The maximum Gasteiger partial charge on any atom is 0.436 e. The van der Waals surface area contributed by atoms with Gasteiger partial charge in [0, 0.05) is 7.05 Å². The minimum absolute atomic E-state index is 0.204. The van der Waals surface area contributed by atoms with Crippen molar-refractivity contribution in [3.05, 3.63) is 44.7 Å². The van der Waals surface area contributed by atoms with E-state index in [2.05, 4.69) is 10.4 Å². The molecule has 0 aliphatic carbocycles. The van der Waals surface area contributed by atoms with Crippen molar-refractivity contribution in [3.8, 4) is 5.75 Å². The van der Waals surface area contributed by atoms with Crippen molar-refractivity contribution in [2.24, 2.45) is 7.05 Å². The first-order valence-electron chi connectivity index (χ1n) is 7.08. The number of carbonyl (C=O) groups excluding carboxylic acids is 1. The Morgan fingerprint density at radius 3 is 2.62 bits per heavy atom. The second-order valence-corrected chi connectivity index (χ2v) is 5.33. The highest BCUT2D eigenvalue weighted by Gasteiger charge is 2.39. The summed E-state index contributed by atoms with van der Waals surface area (Å²) in [6.45, 7) is 1.96. The van der Waals surface area contributed by atoms with Crippen LogP contribution in [-0.2, 0) is 13.2 Å². The number of hydrogen-bond acceptors (Lipinski definition) is 5. The van der Waals surface area contributed by atoms with Gasteiger partial charge >= 0.3 is 6.18 Å². The van der Waals surface area contributed by atoms with Crippen LogP contribution in [0.3, 0.4) is 0 Å². The number of alkyl halides is 3. The largest absolute Gasteiger partial charge is 0.494 e. The van der Waals surface area contributed by atoms with Crippen molar-refractivity contribution in [1.29, 1.82) is 0 Å². The number of amides is 1. The molecule has 8 nitrogen and oxygen atoms in total. The van der Waals surface area contributed by atoms with Crippen LogP contribution in [0.2, 0.25) is 5.02 Å². The smallest absolute Gasteiger partial charge is 0.436 e. The monoisotopic (exact) mass is 392 g/mol. The fourth-order valence-corrected chi connectivity index (χ4v) is 2.49. The third kappa shape index (κ3) is 3.87. The zero-order valence-corrected chi connectivity index (χ0v) is 14.2. The first-order chi connectivity index (χ1) is 12.1. The van der Waals surface area contributed by atoms with E-state index in [0.717, 1.165) is 13.1 Å². The molecule has 0 radical (unpaired) electrons. The number of aromatic nitrogens is 2. The predicted octanol–water partition coefficient (Wildman–Crippen LogP) is 3.65. The van der Waals surface area contributed by atoms with E-state index in [1.54, 1.807) is 6.92 Å². The molecule has 1 aromatic carbocycles. The van der Waals surface area contributed by atoms with E-state index < -0.39 is 39.1 Å². The Morgan fingerprint density at radius 2 is 2.12 bits per heavy atom. The lowest BCUT2D eigenvalue weighted by molar-refractivity contribution is -0.384. The summed E-state index contributed by atoms with van der Waals surface area (Å²) in [6.07, 6.45) is -4.85. The summed E-state index contributed by atoms with van der Waals surface area (Å²) in [5.74, 6) is -0.872. The van der Waals surface area contributed by atoms with Gasteiger partial charge in [-0.05, 0) is 19.1 Å². The normalized spacial score (nSPS) is 11.3. The quantitative estimate of drug-likeness (QED) is 0.618. The van der Waals surface area contributed by atoms with Crippen LogP contribution in [0.15, 0.2) is 18.2 Å². The van der Waals surface area contributed by atoms with Gasteiger partial charge in [0.1, 0.15) is 22.2 Å². The van der Waals surface area contributed by atoms with Crippen molar-refractivity contribution >= 4 is 28.9 Å². The number of rotatable bonds is 5. The number of nitrogens with zero attached hydrogens (tertiary/aromatic N) is 3. The van der Waals surface area contributed by atoms with Crippen LogP contribution in [0.4, 0.5) is 24.5 Å². The zero-order valence-electron chi connectivity index (χ0n) is 13.4. The van der Waals surface area contributed by atoms with Crippen LogP contribution in [0.25, 0.3) is 0 Å². The van der Waals surface area contributed by atoms with E-state index in [1.165, 1.54) is 12.1 Å². The van der Waals surface area contributed by atoms with Crippen LogP contribution >= 0.6 is 11.6 Å². The molecule has 0 spiro atoms. The Labute approximate surface area is 149 Å². The van der Waals surface area contributed by atoms with Crippen LogP contribution < -0.4 is 10.1 Å². The molecule has 0 fully saturated rings. The standard InChI is InChI=1S/C14H12ClF3N4O4/c1-3-26-7-4-5-8(9(6-7)22(24)25)19-13(23)11-10(15)12(14(16,17)18)20-21(11)2/h4-6H,3H2,1-2H3,(H,19,23). The van der Waals surface area contributed by atoms with E-state index in [0.29, 0.717) is 4.68 Å². The van der Waals surface area contributed by atoms with Crippen LogP contribution in [0, 0.1) is 10.1 Å². The summed E-state index contributed by atoms with van der Waals surface area (Å²) in [5.41, 5.74) is -2.72. The third-order valence-corrected chi connectivity index (χ3v) is 3.56. The molecule has 1 heterocycles. The number of carbonyl (C=O) groups is 1. The first-order valence-corrected chi connectivity index (χ1v) is 7.46. The topological polar surface area (TPSA) is 99.3 Å². The summed E-state index contributed by atoms with van der Waals surface area (Å²) < 4.78 is 44.3. The fourth-order valence-electron chi connectivity index (χ4n) is 2.13.